The quantitative estimate of drug-likeness (QED) is 0.829. The molecule has 3 amide bonds. The number of hydrogen-bond donors (Lipinski definition) is 1. The molecule has 5 nitrogen and oxygen atoms in total. The number of imide groups is 1. The highest BCUT2D eigenvalue weighted by atomic mass is 16.2. The lowest BCUT2D eigenvalue weighted by Gasteiger charge is -2.32. The summed E-state index contributed by atoms with van der Waals surface area (Å²) in [4.78, 5) is 30.5. The molecule has 1 aliphatic heterocycles. The Hall–Kier alpha value is -1.88. The van der Waals surface area contributed by atoms with Crippen molar-refractivity contribution in [1.29, 1.82) is 0 Å². The molecule has 3 fully saturated rings. The van der Waals surface area contributed by atoms with Crippen LogP contribution in [0.2, 0.25) is 0 Å². The first-order chi connectivity index (χ1) is 13.2. The SMILES string of the molecule is O=C1NC2(CCCCc3ccccc32)C(=O)N1CN(C1CCCC1)C1CC1. The van der Waals surface area contributed by atoms with Crippen molar-refractivity contribution in [3.63, 3.8) is 0 Å². The van der Waals surface area contributed by atoms with Gasteiger partial charge in [0.05, 0.1) is 6.67 Å². The summed E-state index contributed by atoms with van der Waals surface area (Å²) in [6.45, 7) is 0.462. The molecule has 1 unspecified atom stereocenters. The van der Waals surface area contributed by atoms with Gasteiger partial charge in [-0.05, 0) is 62.5 Å². The molecule has 3 aliphatic carbocycles. The fourth-order valence-corrected chi connectivity index (χ4v) is 5.44. The van der Waals surface area contributed by atoms with Crippen LogP contribution >= 0.6 is 0 Å². The highest BCUT2D eigenvalue weighted by molar-refractivity contribution is 6.07. The fourth-order valence-electron chi connectivity index (χ4n) is 5.44. The van der Waals surface area contributed by atoms with Gasteiger partial charge in [0, 0.05) is 12.1 Å². The minimum Gasteiger partial charge on any atom is -0.319 e. The third-order valence-corrected chi connectivity index (χ3v) is 7.02. The maximum Gasteiger partial charge on any atom is 0.326 e. The van der Waals surface area contributed by atoms with Gasteiger partial charge in [-0.15, -0.1) is 0 Å². The number of rotatable bonds is 4. The Balaban J connectivity index is 1.45. The number of nitrogens with zero attached hydrogens (tertiary/aromatic N) is 2. The first-order valence-electron chi connectivity index (χ1n) is 10.7. The average Bonchev–Trinajstić information content (AvgIpc) is 3.36. The Morgan fingerprint density at radius 1 is 1.00 bits per heavy atom. The van der Waals surface area contributed by atoms with Gasteiger partial charge in [-0.25, -0.2) is 9.69 Å². The molecular formula is C22H29N3O2. The Bertz CT molecular complexity index is 754. The Morgan fingerprint density at radius 3 is 2.52 bits per heavy atom. The summed E-state index contributed by atoms with van der Waals surface area (Å²) in [5, 5.41) is 3.13. The standard InChI is InChI=1S/C22H29N3O2/c26-20-22(14-6-5-8-16-7-1-4-11-19(16)22)23-21(27)25(20)15-24(18-12-13-18)17-9-2-3-10-17/h1,4,7,11,17-18H,2-3,5-6,8-10,12-15H2,(H,23,27). The van der Waals surface area contributed by atoms with E-state index in [9.17, 15) is 9.59 Å². The van der Waals surface area contributed by atoms with E-state index in [4.69, 9.17) is 0 Å². The number of nitrogens with one attached hydrogen (secondary N) is 1. The van der Waals surface area contributed by atoms with E-state index in [1.807, 2.05) is 18.2 Å². The van der Waals surface area contributed by atoms with E-state index in [0.29, 0.717) is 25.2 Å². The Kier molecular flexibility index (Phi) is 4.23. The molecule has 0 radical (unpaired) electrons. The molecule has 0 aromatic heterocycles. The van der Waals surface area contributed by atoms with E-state index in [-0.39, 0.29) is 11.9 Å². The predicted molar refractivity (Wildman–Crippen MR) is 103 cm³/mol. The Morgan fingerprint density at radius 2 is 1.74 bits per heavy atom. The molecule has 5 heteroatoms. The molecule has 1 spiro atoms. The van der Waals surface area contributed by atoms with E-state index in [2.05, 4.69) is 16.3 Å². The fraction of sp³-hybridized carbons (Fsp3) is 0.636. The zero-order chi connectivity index (χ0) is 18.4. The van der Waals surface area contributed by atoms with Crippen molar-refractivity contribution in [2.45, 2.75) is 81.8 Å². The van der Waals surface area contributed by atoms with Crippen LogP contribution in [0.15, 0.2) is 24.3 Å². The lowest BCUT2D eigenvalue weighted by Crippen LogP contribution is -2.48. The number of carbonyl (C=O) groups excluding carboxylic acids is 2. The van der Waals surface area contributed by atoms with Crippen LogP contribution in [0.3, 0.4) is 0 Å². The van der Waals surface area contributed by atoms with Crippen molar-refractivity contribution in [2.24, 2.45) is 0 Å². The topological polar surface area (TPSA) is 52.7 Å². The van der Waals surface area contributed by atoms with E-state index in [0.717, 1.165) is 24.8 Å². The van der Waals surface area contributed by atoms with Gasteiger partial charge < -0.3 is 5.32 Å². The predicted octanol–water partition coefficient (Wildman–Crippen LogP) is 3.52. The smallest absolute Gasteiger partial charge is 0.319 e. The maximum atomic E-state index is 13.6. The molecule has 1 heterocycles. The van der Waals surface area contributed by atoms with Crippen LogP contribution in [0.25, 0.3) is 0 Å². The number of carbonyl (C=O) groups is 2. The van der Waals surface area contributed by atoms with Crippen LogP contribution < -0.4 is 5.32 Å². The van der Waals surface area contributed by atoms with E-state index in [1.54, 1.807) is 0 Å². The van der Waals surface area contributed by atoms with E-state index < -0.39 is 5.54 Å². The zero-order valence-corrected chi connectivity index (χ0v) is 16.0. The van der Waals surface area contributed by atoms with Gasteiger partial charge in [-0.3, -0.25) is 9.69 Å². The molecule has 27 heavy (non-hydrogen) atoms. The second kappa shape index (κ2) is 6.62. The average molecular weight is 367 g/mol. The number of fused-ring (bicyclic) bond motifs is 2. The van der Waals surface area contributed by atoms with Crippen LogP contribution in [-0.4, -0.2) is 40.5 Å². The van der Waals surface area contributed by atoms with Crippen LogP contribution in [0.4, 0.5) is 4.79 Å². The normalized spacial score (nSPS) is 28.7. The highest BCUT2D eigenvalue weighted by Crippen LogP contribution is 2.40. The van der Waals surface area contributed by atoms with Crippen LogP contribution in [0.5, 0.6) is 0 Å². The number of urea groups is 1. The van der Waals surface area contributed by atoms with Gasteiger partial charge in [0.15, 0.2) is 0 Å². The summed E-state index contributed by atoms with van der Waals surface area (Å²) in [5.74, 6) is -0.0366. The lowest BCUT2D eigenvalue weighted by molar-refractivity contribution is -0.133. The largest absolute Gasteiger partial charge is 0.326 e. The highest BCUT2D eigenvalue weighted by Gasteiger charge is 2.54. The van der Waals surface area contributed by atoms with Gasteiger partial charge in [-0.2, -0.15) is 0 Å². The first-order valence-corrected chi connectivity index (χ1v) is 10.7. The summed E-state index contributed by atoms with van der Waals surface area (Å²) >= 11 is 0. The first kappa shape index (κ1) is 17.2. The number of aryl methyl sites for hydroxylation is 1. The van der Waals surface area contributed by atoms with Crippen molar-refractivity contribution in [3.05, 3.63) is 35.4 Å². The van der Waals surface area contributed by atoms with Gasteiger partial charge in [0.1, 0.15) is 5.54 Å². The third-order valence-electron chi connectivity index (χ3n) is 7.02. The molecule has 4 aliphatic rings. The third kappa shape index (κ3) is 2.87. The maximum absolute atomic E-state index is 13.6. The molecule has 0 bridgehead atoms. The summed E-state index contributed by atoms with van der Waals surface area (Å²) in [6.07, 6.45) is 11.1. The molecular weight excluding hydrogens is 338 g/mol. The minimum absolute atomic E-state index is 0.0366. The van der Waals surface area contributed by atoms with Crippen molar-refractivity contribution in [2.75, 3.05) is 6.67 Å². The van der Waals surface area contributed by atoms with E-state index in [1.165, 1.54) is 49.0 Å². The summed E-state index contributed by atoms with van der Waals surface area (Å²) < 4.78 is 0. The van der Waals surface area contributed by atoms with Crippen molar-refractivity contribution >= 4 is 11.9 Å². The molecule has 1 saturated heterocycles. The molecule has 1 aromatic rings. The number of amides is 3. The number of benzene rings is 1. The van der Waals surface area contributed by atoms with Crippen LogP contribution in [0.1, 0.15) is 68.9 Å². The molecule has 2 saturated carbocycles. The zero-order valence-electron chi connectivity index (χ0n) is 16.0. The lowest BCUT2D eigenvalue weighted by atomic mass is 9.84. The number of hydrogen-bond acceptors (Lipinski definition) is 3. The minimum atomic E-state index is -0.852. The van der Waals surface area contributed by atoms with Gasteiger partial charge in [0.25, 0.3) is 5.91 Å². The van der Waals surface area contributed by atoms with Gasteiger partial charge in [0.2, 0.25) is 0 Å². The molecule has 1 aromatic carbocycles. The van der Waals surface area contributed by atoms with Gasteiger partial charge >= 0.3 is 6.03 Å². The second-order valence-corrected chi connectivity index (χ2v) is 8.76. The van der Waals surface area contributed by atoms with Crippen LogP contribution in [-0.2, 0) is 16.8 Å². The monoisotopic (exact) mass is 367 g/mol. The van der Waals surface area contributed by atoms with Crippen molar-refractivity contribution in [3.8, 4) is 0 Å². The van der Waals surface area contributed by atoms with Crippen molar-refractivity contribution < 1.29 is 9.59 Å². The van der Waals surface area contributed by atoms with E-state index >= 15 is 0 Å². The summed E-state index contributed by atoms with van der Waals surface area (Å²) in [6, 6.07) is 9.06. The molecule has 5 rings (SSSR count). The molecule has 1 N–H and O–H groups in total. The Labute approximate surface area is 161 Å². The summed E-state index contributed by atoms with van der Waals surface area (Å²) in [5.41, 5.74) is 1.37. The van der Waals surface area contributed by atoms with Crippen molar-refractivity contribution in [1.82, 2.24) is 15.1 Å². The summed E-state index contributed by atoms with van der Waals surface area (Å²) in [7, 11) is 0. The van der Waals surface area contributed by atoms with Crippen LogP contribution in [0, 0.1) is 0 Å². The molecule has 144 valence electrons. The molecule has 1 atom stereocenters. The second-order valence-electron chi connectivity index (χ2n) is 8.76. The van der Waals surface area contributed by atoms with Gasteiger partial charge in [-0.1, -0.05) is 37.1 Å².